The molecule has 0 atom stereocenters. The predicted molar refractivity (Wildman–Crippen MR) is 77.1 cm³/mol. The average Bonchev–Trinajstić information content (AvgIpc) is 2.84. The molecule has 100 valence electrons. The third kappa shape index (κ3) is 3.55. The van der Waals surface area contributed by atoms with Crippen molar-refractivity contribution in [3.05, 3.63) is 37.8 Å². The maximum absolute atomic E-state index is 10.8. The molecule has 1 heterocycles. The Morgan fingerprint density at radius 2 is 2.16 bits per heavy atom. The molecule has 0 saturated heterocycles. The molecule has 0 aliphatic carbocycles. The molecular weight excluding hydrogens is 332 g/mol. The molecular formula is C11H11BrN4O2S. The molecule has 2 N–H and O–H groups in total. The number of rotatable bonds is 5. The minimum absolute atomic E-state index is 0.0306. The van der Waals surface area contributed by atoms with Crippen LogP contribution in [0.4, 0.5) is 5.69 Å². The van der Waals surface area contributed by atoms with Crippen molar-refractivity contribution in [2.24, 2.45) is 5.73 Å². The molecule has 0 radical (unpaired) electrons. The number of nitro groups is 1. The molecule has 0 saturated carbocycles. The van der Waals surface area contributed by atoms with Crippen LogP contribution in [0, 0.1) is 10.1 Å². The van der Waals surface area contributed by atoms with E-state index in [0.717, 1.165) is 17.8 Å². The number of aryl methyl sites for hydroxylation is 1. The van der Waals surface area contributed by atoms with E-state index in [9.17, 15) is 10.1 Å². The fourth-order valence-electron chi connectivity index (χ4n) is 1.53. The van der Waals surface area contributed by atoms with Gasteiger partial charge in [0.1, 0.15) is 10.0 Å². The van der Waals surface area contributed by atoms with Gasteiger partial charge in [0, 0.05) is 28.6 Å². The van der Waals surface area contributed by atoms with Gasteiger partial charge in [-0.05, 0) is 19.0 Å². The third-order valence-electron chi connectivity index (χ3n) is 2.40. The van der Waals surface area contributed by atoms with Gasteiger partial charge in [0.15, 0.2) is 0 Å². The lowest BCUT2D eigenvalue weighted by Gasteiger charge is -1.98. The molecule has 0 amide bonds. The first kappa shape index (κ1) is 14.0. The van der Waals surface area contributed by atoms with E-state index in [0.29, 0.717) is 21.6 Å². The van der Waals surface area contributed by atoms with Crippen molar-refractivity contribution in [2.75, 3.05) is 6.54 Å². The molecule has 2 rings (SSSR count). The van der Waals surface area contributed by atoms with Gasteiger partial charge in [0.05, 0.1) is 4.92 Å². The van der Waals surface area contributed by atoms with Crippen molar-refractivity contribution in [3.8, 4) is 10.6 Å². The second kappa shape index (κ2) is 6.18. The summed E-state index contributed by atoms with van der Waals surface area (Å²) in [4.78, 5) is 10.4. The summed E-state index contributed by atoms with van der Waals surface area (Å²) in [7, 11) is 0. The Kier molecular flexibility index (Phi) is 4.56. The zero-order chi connectivity index (χ0) is 13.8. The van der Waals surface area contributed by atoms with Crippen molar-refractivity contribution < 1.29 is 4.92 Å². The summed E-state index contributed by atoms with van der Waals surface area (Å²) in [5.74, 6) is 0. The van der Waals surface area contributed by atoms with Gasteiger partial charge in [-0.2, -0.15) is 0 Å². The number of hydrogen-bond acceptors (Lipinski definition) is 6. The quantitative estimate of drug-likeness (QED) is 0.665. The van der Waals surface area contributed by atoms with Crippen LogP contribution in [-0.4, -0.2) is 21.7 Å². The lowest BCUT2D eigenvalue weighted by molar-refractivity contribution is -0.384. The minimum atomic E-state index is -0.426. The zero-order valence-corrected chi connectivity index (χ0v) is 12.3. The van der Waals surface area contributed by atoms with Crippen molar-refractivity contribution in [3.63, 3.8) is 0 Å². The Balaban J connectivity index is 2.30. The van der Waals surface area contributed by atoms with Crippen LogP contribution in [0.25, 0.3) is 10.6 Å². The van der Waals surface area contributed by atoms with Gasteiger partial charge in [-0.25, -0.2) is 0 Å². The highest BCUT2D eigenvalue weighted by molar-refractivity contribution is 9.10. The summed E-state index contributed by atoms with van der Waals surface area (Å²) >= 11 is 4.70. The van der Waals surface area contributed by atoms with Gasteiger partial charge in [0.2, 0.25) is 0 Å². The average molecular weight is 343 g/mol. The summed E-state index contributed by atoms with van der Waals surface area (Å²) in [5, 5.41) is 20.5. The highest BCUT2D eigenvalue weighted by atomic mass is 79.9. The largest absolute Gasteiger partial charge is 0.330 e. The number of benzene rings is 1. The monoisotopic (exact) mass is 342 g/mol. The number of halogens is 1. The summed E-state index contributed by atoms with van der Waals surface area (Å²) in [6, 6.07) is 4.75. The molecule has 0 aliphatic rings. The number of hydrogen-bond donors (Lipinski definition) is 1. The molecule has 0 fully saturated rings. The molecule has 0 spiro atoms. The topological polar surface area (TPSA) is 94.9 Å². The van der Waals surface area contributed by atoms with Gasteiger partial charge in [-0.3, -0.25) is 10.1 Å². The van der Waals surface area contributed by atoms with E-state index < -0.39 is 4.92 Å². The molecule has 19 heavy (non-hydrogen) atoms. The molecule has 0 bridgehead atoms. The van der Waals surface area contributed by atoms with E-state index in [1.807, 2.05) is 0 Å². The highest BCUT2D eigenvalue weighted by Gasteiger charge is 2.13. The van der Waals surface area contributed by atoms with Crippen LogP contribution in [0.3, 0.4) is 0 Å². The molecule has 1 aromatic heterocycles. The van der Waals surface area contributed by atoms with E-state index in [1.54, 1.807) is 6.07 Å². The van der Waals surface area contributed by atoms with Gasteiger partial charge in [0.25, 0.3) is 5.69 Å². The van der Waals surface area contributed by atoms with Gasteiger partial charge in [-0.1, -0.05) is 27.3 Å². The van der Waals surface area contributed by atoms with Crippen molar-refractivity contribution in [1.82, 2.24) is 10.2 Å². The molecule has 6 nitrogen and oxygen atoms in total. The molecule has 8 heteroatoms. The van der Waals surface area contributed by atoms with E-state index in [4.69, 9.17) is 5.73 Å². The van der Waals surface area contributed by atoms with Gasteiger partial charge in [-0.15, -0.1) is 10.2 Å². The Morgan fingerprint density at radius 3 is 2.84 bits per heavy atom. The molecule has 2 aromatic rings. The Morgan fingerprint density at radius 1 is 1.37 bits per heavy atom. The minimum Gasteiger partial charge on any atom is -0.330 e. The Labute approximate surface area is 121 Å². The van der Waals surface area contributed by atoms with Crippen molar-refractivity contribution in [2.45, 2.75) is 12.8 Å². The van der Waals surface area contributed by atoms with Crippen LogP contribution in [0.2, 0.25) is 0 Å². The van der Waals surface area contributed by atoms with E-state index in [2.05, 4.69) is 26.1 Å². The first-order chi connectivity index (χ1) is 9.10. The summed E-state index contributed by atoms with van der Waals surface area (Å²) in [6.45, 7) is 0.608. The maximum atomic E-state index is 10.8. The van der Waals surface area contributed by atoms with E-state index in [-0.39, 0.29) is 5.69 Å². The summed E-state index contributed by atoms with van der Waals surface area (Å²) in [6.07, 6.45) is 1.64. The number of nitrogens with two attached hydrogens (primary N) is 1. The summed E-state index contributed by atoms with van der Waals surface area (Å²) in [5.41, 5.74) is 6.17. The van der Waals surface area contributed by atoms with Crippen LogP contribution in [0.15, 0.2) is 22.7 Å². The number of aromatic nitrogens is 2. The lowest BCUT2D eigenvalue weighted by atomic mass is 10.2. The first-order valence-corrected chi connectivity index (χ1v) is 7.19. The van der Waals surface area contributed by atoms with Gasteiger partial charge >= 0.3 is 0 Å². The van der Waals surface area contributed by atoms with Crippen LogP contribution < -0.4 is 5.73 Å². The maximum Gasteiger partial charge on any atom is 0.271 e. The molecule has 0 unspecified atom stereocenters. The van der Waals surface area contributed by atoms with Crippen molar-refractivity contribution in [1.29, 1.82) is 0 Å². The Bertz CT molecular complexity index is 602. The van der Waals surface area contributed by atoms with Crippen LogP contribution >= 0.6 is 27.3 Å². The highest BCUT2D eigenvalue weighted by Crippen LogP contribution is 2.30. The molecule has 0 aliphatic heterocycles. The number of non-ortho nitro benzene ring substituents is 1. The fourth-order valence-corrected chi connectivity index (χ4v) is 2.88. The predicted octanol–water partition coefficient (Wildman–Crippen LogP) is 2.77. The SMILES string of the molecule is NCCCc1nnc(-c2cc(Br)cc([N+](=O)[O-])c2)s1. The standard InChI is InChI=1S/C11H11BrN4O2S/c12-8-4-7(5-9(6-8)16(17)18)11-15-14-10(19-11)2-1-3-13/h4-6H,1-3,13H2. The van der Waals surface area contributed by atoms with E-state index >= 15 is 0 Å². The zero-order valence-electron chi connectivity index (χ0n) is 9.88. The third-order valence-corrected chi connectivity index (χ3v) is 3.89. The van der Waals surface area contributed by atoms with Crippen LogP contribution in [0.5, 0.6) is 0 Å². The normalized spacial score (nSPS) is 10.6. The van der Waals surface area contributed by atoms with Crippen molar-refractivity contribution >= 4 is 33.0 Å². The second-order valence-corrected chi connectivity index (χ2v) is 5.83. The number of nitro benzene ring substituents is 1. The second-order valence-electron chi connectivity index (χ2n) is 3.85. The number of nitrogens with zero attached hydrogens (tertiary/aromatic N) is 3. The molecule has 1 aromatic carbocycles. The first-order valence-electron chi connectivity index (χ1n) is 5.58. The van der Waals surface area contributed by atoms with Crippen LogP contribution in [0.1, 0.15) is 11.4 Å². The fraction of sp³-hybridized carbons (Fsp3) is 0.273. The van der Waals surface area contributed by atoms with E-state index in [1.165, 1.54) is 23.5 Å². The van der Waals surface area contributed by atoms with Gasteiger partial charge < -0.3 is 5.73 Å². The van der Waals surface area contributed by atoms with Crippen LogP contribution in [-0.2, 0) is 6.42 Å². The smallest absolute Gasteiger partial charge is 0.271 e. The lowest BCUT2D eigenvalue weighted by Crippen LogP contribution is -1.99. The summed E-state index contributed by atoms with van der Waals surface area (Å²) < 4.78 is 0.649. The Hall–Kier alpha value is -1.38.